The highest BCUT2D eigenvalue weighted by Gasteiger charge is 2.27. The predicted molar refractivity (Wildman–Crippen MR) is 129 cm³/mol. The number of carbonyl (C=O) groups excluding carboxylic acids is 1. The van der Waals surface area contributed by atoms with Crippen molar-refractivity contribution < 1.29 is 4.79 Å². The normalized spacial score (nSPS) is 20.1. The molecule has 0 spiro atoms. The molecule has 1 heterocycles. The summed E-state index contributed by atoms with van der Waals surface area (Å²) in [6.45, 7) is 2.27. The number of guanidine groups is 1. The van der Waals surface area contributed by atoms with Gasteiger partial charge in [-0.15, -0.1) is 35.7 Å². The van der Waals surface area contributed by atoms with Crippen LogP contribution >= 0.6 is 35.7 Å². The summed E-state index contributed by atoms with van der Waals surface area (Å²) in [4.78, 5) is 22.0. The van der Waals surface area contributed by atoms with Crippen molar-refractivity contribution in [1.82, 2.24) is 15.1 Å². The van der Waals surface area contributed by atoms with E-state index in [2.05, 4.69) is 45.5 Å². The molecule has 2 aliphatic rings. The number of hydrogen-bond acceptors (Lipinski definition) is 3. The molecule has 7 heteroatoms. The third-order valence-electron chi connectivity index (χ3n) is 5.37. The fourth-order valence-corrected chi connectivity index (χ4v) is 4.72. The lowest BCUT2D eigenvalue weighted by Gasteiger charge is -2.25. The maximum absolute atomic E-state index is 12.0. The molecule has 1 amide bonds. The number of likely N-dealkylation sites (N-methyl/N-ethyl adjacent to an activating group) is 1. The van der Waals surface area contributed by atoms with Crippen LogP contribution in [-0.2, 0) is 4.79 Å². The quantitative estimate of drug-likeness (QED) is 0.271. The second-order valence-electron chi connectivity index (χ2n) is 7.78. The lowest BCUT2D eigenvalue weighted by atomic mass is 10.2. The molecule has 1 aliphatic carbocycles. The van der Waals surface area contributed by atoms with Crippen LogP contribution in [0.4, 0.5) is 0 Å². The lowest BCUT2D eigenvalue weighted by Crippen LogP contribution is -2.45. The van der Waals surface area contributed by atoms with Gasteiger partial charge in [0.25, 0.3) is 0 Å². The summed E-state index contributed by atoms with van der Waals surface area (Å²) in [5, 5.41) is 3.64. The van der Waals surface area contributed by atoms with E-state index in [1.54, 1.807) is 19.0 Å². The van der Waals surface area contributed by atoms with E-state index in [1.807, 2.05) is 11.8 Å². The van der Waals surface area contributed by atoms with E-state index in [0.717, 1.165) is 24.8 Å². The number of thioether (sulfide) groups is 1. The van der Waals surface area contributed by atoms with Crippen molar-refractivity contribution in [2.24, 2.45) is 10.9 Å². The average molecular weight is 516 g/mol. The number of aliphatic imine (C=N–C) groups is 1. The molecule has 1 unspecified atom stereocenters. The molecule has 28 heavy (non-hydrogen) atoms. The van der Waals surface area contributed by atoms with Crippen LogP contribution in [0.1, 0.15) is 32.1 Å². The third kappa shape index (κ3) is 7.13. The van der Waals surface area contributed by atoms with Crippen LogP contribution in [0.15, 0.2) is 40.2 Å². The van der Waals surface area contributed by atoms with Crippen LogP contribution in [0.2, 0.25) is 0 Å². The van der Waals surface area contributed by atoms with Gasteiger partial charge in [-0.3, -0.25) is 4.79 Å². The number of amides is 1. The van der Waals surface area contributed by atoms with Gasteiger partial charge in [-0.2, -0.15) is 0 Å². The summed E-state index contributed by atoms with van der Waals surface area (Å²) in [6.07, 6.45) is 6.19. The van der Waals surface area contributed by atoms with Gasteiger partial charge in [0.15, 0.2) is 5.96 Å². The molecule has 1 aromatic carbocycles. The Labute approximate surface area is 190 Å². The first-order valence-corrected chi connectivity index (χ1v) is 11.0. The zero-order valence-corrected chi connectivity index (χ0v) is 20.1. The molecule has 1 saturated carbocycles. The molecule has 156 valence electrons. The fraction of sp³-hybridized carbons (Fsp3) is 0.619. The molecular formula is C21H33IN4OS. The Morgan fingerprint density at radius 3 is 2.61 bits per heavy atom. The van der Waals surface area contributed by atoms with Crippen LogP contribution in [0.5, 0.6) is 0 Å². The number of nitrogens with zero attached hydrogens (tertiary/aromatic N) is 3. The van der Waals surface area contributed by atoms with Crippen LogP contribution < -0.4 is 5.32 Å². The molecular weight excluding hydrogens is 483 g/mol. The summed E-state index contributed by atoms with van der Waals surface area (Å²) in [6, 6.07) is 11.1. The van der Waals surface area contributed by atoms with Gasteiger partial charge < -0.3 is 15.1 Å². The van der Waals surface area contributed by atoms with E-state index in [4.69, 9.17) is 0 Å². The Morgan fingerprint density at radius 1 is 1.21 bits per heavy atom. The fourth-order valence-electron chi connectivity index (χ4n) is 3.67. The van der Waals surface area contributed by atoms with Crippen molar-refractivity contribution >= 4 is 47.6 Å². The van der Waals surface area contributed by atoms with E-state index < -0.39 is 0 Å². The minimum Gasteiger partial charge on any atom is -0.353 e. The first-order valence-electron chi connectivity index (χ1n) is 10.1. The van der Waals surface area contributed by atoms with Gasteiger partial charge in [0, 0.05) is 43.9 Å². The summed E-state index contributed by atoms with van der Waals surface area (Å²) in [5.74, 6) is 2.78. The number of carbonyl (C=O) groups is 1. The van der Waals surface area contributed by atoms with Crippen LogP contribution in [0, 0.1) is 5.92 Å². The number of halogens is 1. The van der Waals surface area contributed by atoms with Crippen LogP contribution in [0.25, 0.3) is 0 Å². The van der Waals surface area contributed by atoms with Gasteiger partial charge in [-0.25, -0.2) is 4.99 Å². The molecule has 3 rings (SSSR count). The number of hydrogen-bond donors (Lipinski definition) is 1. The topological polar surface area (TPSA) is 47.9 Å². The van der Waals surface area contributed by atoms with Crippen molar-refractivity contribution in [1.29, 1.82) is 0 Å². The Balaban J connectivity index is 0.00000280. The average Bonchev–Trinajstić information content (AvgIpc) is 3.35. The number of benzene rings is 1. The molecule has 5 nitrogen and oxygen atoms in total. The maximum atomic E-state index is 12.0. The molecule has 0 bridgehead atoms. The maximum Gasteiger partial charge on any atom is 0.243 e. The van der Waals surface area contributed by atoms with Gasteiger partial charge >= 0.3 is 0 Å². The molecule has 1 N–H and O–H groups in total. The number of nitrogens with one attached hydrogen (secondary N) is 1. The van der Waals surface area contributed by atoms with Crippen molar-refractivity contribution in [2.75, 3.05) is 39.5 Å². The molecule has 0 aromatic heterocycles. The predicted octanol–water partition coefficient (Wildman–Crippen LogP) is 3.70. The zero-order valence-electron chi connectivity index (χ0n) is 17.0. The van der Waals surface area contributed by atoms with E-state index >= 15 is 0 Å². The highest BCUT2D eigenvalue weighted by Crippen LogP contribution is 2.26. The Bertz CT molecular complexity index is 635. The molecule has 0 radical (unpaired) electrons. The smallest absolute Gasteiger partial charge is 0.243 e. The van der Waals surface area contributed by atoms with Crippen LogP contribution in [0.3, 0.4) is 0 Å². The van der Waals surface area contributed by atoms with Crippen molar-refractivity contribution in [3.8, 4) is 0 Å². The van der Waals surface area contributed by atoms with Crippen molar-refractivity contribution in [3.05, 3.63) is 30.3 Å². The number of rotatable bonds is 6. The van der Waals surface area contributed by atoms with Gasteiger partial charge in [0.2, 0.25) is 5.91 Å². The van der Waals surface area contributed by atoms with Crippen molar-refractivity contribution in [3.63, 3.8) is 0 Å². The Kier molecular flexibility index (Phi) is 9.91. The minimum absolute atomic E-state index is 0. The summed E-state index contributed by atoms with van der Waals surface area (Å²) >= 11 is 1.94. The van der Waals surface area contributed by atoms with Gasteiger partial charge in [-0.1, -0.05) is 31.0 Å². The highest BCUT2D eigenvalue weighted by molar-refractivity contribution is 14.0. The first-order chi connectivity index (χ1) is 13.1. The largest absolute Gasteiger partial charge is 0.353 e. The SMILES string of the molecule is CN(C)C(=O)CN=C(NC1CCCC1)N1CCC(CSc2ccccc2)C1.I. The molecule has 1 atom stereocenters. The Morgan fingerprint density at radius 2 is 1.93 bits per heavy atom. The summed E-state index contributed by atoms with van der Waals surface area (Å²) in [5.41, 5.74) is 0. The summed E-state index contributed by atoms with van der Waals surface area (Å²) in [7, 11) is 3.57. The first kappa shape index (κ1) is 23.3. The zero-order chi connectivity index (χ0) is 19.1. The monoisotopic (exact) mass is 516 g/mol. The lowest BCUT2D eigenvalue weighted by molar-refractivity contribution is -0.127. The highest BCUT2D eigenvalue weighted by atomic mass is 127. The molecule has 1 aliphatic heterocycles. The van der Waals surface area contributed by atoms with Gasteiger partial charge in [-0.05, 0) is 37.3 Å². The van der Waals surface area contributed by atoms with Crippen LogP contribution in [-0.4, -0.2) is 67.2 Å². The second-order valence-corrected chi connectivity index (χ2v) is 8.87. The molecule has 2 fully saturated rings. The van der Waals surface area contributed by atoms with Gasteiger partial charge in [0.1, 0.15) is 6.54 Å². The van der Waals surface area contributed by atoms with Crippen molar-refractivity contribution in [2.45, 2.75) is 43.0 Å². The number of likely N-dealkylation sites (tertiary alicyclic amines) is 1. The van der Waals surface area contributed by atoms with E-state index in [1.165, 1.54) is 37.0 Å². The van der Waals surface area contributed by atoms with E-state index in [-0.39, 0.29) is 36.4 Å². The van der Waals surface area contributed by atoms with E-state index in [9.17, 15) is 4.79 Å². The van der Waals surface area contributed by atoms with E-state index in [0.29, 0.717) is 12.0 Å². The summed E-state index contributed by atoms with van der Waals surface area (Å²) < 4.78 is 0. The Hall–Kier alpha value is -0.960. The molecule has 1 saturated heterocycles. The third-order valence-corrected chi connectivity index (χ3v) is 6.61. The second kappa shape index (κ2) is 11.9. The minimum atomic E-state index is 0. The standard InChI is InChI=1S/C21H32N4OS.HI/c1-24(2)20(26)14-22-21(23-18-8-6-7-9-18)25-13-12-17(15-25)16-27-19-10-4-3-5-11-19;/h3-5,10-11,17-18H,6-9,12-16H2,1-2H3,(H,22,23);1H. The molecule has 1 aromatic rings. The van der Waals surface area contributed by atoms with Gasteiger partial charge in [0.05, 0.1) is 0 Å².